The van der Waals surface area contributed by atoms with Crippen molar-refractivity contribution >= 4 is 0 Å². The van der Waals surface area contributed by atoms with Crippen LogP contribution in [0.25, 0.3) is 0 Å². The Bertz CT molecular complexity index is 1020. The van der Waals surface area contributed by atoms with Gasteiger partial charge in [0, 0.05) is 24.2 Å². The number of hydrogen-bond acceptors (Lipinski definition) is 4. The van der Waals surface area contributed by atoms with E-state index in [-0.39, 0.29) is 0 Å². The van der Waals surface area contributed by atoms with Gasteiger partial charge in [-0.1, -0.05) is 77.0 Å². The van der Waals surface area contributed by atoms with Gasteiger partial charge in [-0.15, -0.1) is 0 Å². The summed E-state index contributed by atoms with van der Waals surface area (Å²) in [7, 11) is 0. The summed E-state index contributed by atoms with van der Waals surface area (Å²) in [5.74, 6) is 10.0. The van der Waals surface area contributed by atoms with Gasteiger partial charge < -0.3 is 10.6 Å². The molecule has 2 aliphatic heterocycles. The lowest BCUT2D eigenvalue weighted by molar-refractivity contribution is -0.160. The molecule has 4 heteroatoms. The molecule has 0 aromatic carbocycles. The van der Waals surface area contributed by atoms with Gasteiger partial charge in [-0.05, 0) is 175 Å². The maximum atomic E-state index is 4.33. The lowest BCUT2D eigenvalue weighted by Gasteiger charge is -2.65. The average Bonchev–Trinajstić information content (AvgIpc) is 3.19. The molecule has 10 rings (SSSR count). The Morgan fingerprint density at radius 1 is 0.300 bits per heavy atom. The van der Waals surface area contributed by atoms with Gasteiger partial charge in [0.2, 0.25) is 0 Å². The van der Waals surface area contributed by atoms with Crippen LogP contribution in [0.4, 0.5) is 0 Å². The summed E-state index contributed by atoms with van der Waals surface area (Å²) < 4.78 is 0. The second kappa shape index (κ2) is 15.2. The molecule has 0 bridgehead atoms. The number of hydrogen-bond donors (Lipinski definition) is 2. The zero-order chi connectivity index (χ0) is 33.0. The first-order valence-corrected chi connectivity index (χ1v) is 23.8. The normalized spacial score (nSPS) is 48.8. The third-order valence-electron chi connectivity index (χ3n) is 18.8. The van der Waals surface area contributed by atoms with Crippen LogP contribution in [0.15, 0.2) is 0 Å². The van der Waals surface area contributed by atoms with Gasteiger partial charge in [0.25, 0.3) is 0 Å². The van der Waals surface area contributed by atoms with E-state index < -0.39 is 0 Å². The molecule has 0 aromatic heterocycles. The fourth-order valence-electron chi connectivity index (χ4n) is 17.0. The maximum absolute atomic E-state index is 4.33. The highest BCUT2D eigenvalue weighted by molar-refractivity contribution is 5.10. The van der Waals surface area contributed by atoms with E-state index in [1.807, 2.05) is 0 Å². The highest BCUT2D eigenvalue weighted by Gasteiger charge is 2.59. The average molecular weight is 687 g/mol. The molecule has 10 fully saturated rings. The maximum Gasteiger partial charge on any atom is 0.0633 e. The zero-order valence-electron chi connectivity index (χ0n) is 32.3. The van der Waals surface area contributed by atoms with Gasteiger partial charge in [0.05, 0.1) is 12.3 Å². The highest BCUT2D eigenvalue weighted by atomic mass is 15.3. The predicted molar refractivity (Wildman–Crippen MR) is 207 cm³/mol. The van der Waals surface area contributed by atoms with E-state index in [9.17, 15) is 0 Å². The quantitative estimate of drug-likeness (QED) is 0.291. The van der Waals surface area contributed by atoms with Gasteiger partial charge in [-0.2, -0.15) is 0 Å². The largest absolute Gasteiger partial charge is 0.301 e. The van der Waals surface area contributed by atoms with Crippen LogP contribution in [-0.4, -0.2) is 59.4 Å². The van der Waals surface area contributed by atoms with Crippen molar-refractivity contribution in [2.24, 2.45) is 59.2 Å². The Morgan fingerprint density at radius 3 is 1.16 bits per heavy atom. The number of fused-ring (bicyclic) bond motifs is 2. The Labute approximate surface area is 308 Å². The van der Waals surface area contributed by atoms with E-state index in [0.717, 1.165) is 83.3 Å². The molecular weight excluding hydrogens is 609 g/mol. The van der Waals surface area contributed by atoms with Crippen molar-refractivity contribution in [3.8, 4) is 0 Å². The van der Waals surface area contributed by atoms with E-state index in [1.165, 1.54) is 154 Å². The van der Waals surface area contributed by atoms with Crippen molar-refractivity contribution in [3.05, 3.63) is 0 Å². The van der Waals surface area contributed by atoms with Gasteiger partial charge in [0.15, 0.2) is 0 Å². The van der Waals surface area contributed by atoms with Crippen LogP contribution in [0.2, 0.25) is 0 Å². The van der Waals surface area contributed by atoms with Crippen LogP contribution < -0.4 is 10.6 Å². The van der Waals surface area contributed by atoms with Crippen molar-refractivity contribution in [1.82, 2.24) is 20.4 Å². The summed E-state index contributed by atoms with van der Waals surface area (Å²) in [6.07, 6.45) is 43.9. The molecule has 2 saturated heterocycles. The summed E-state index contributed by atoms with van der Waals surface area (Å²) in [5, 5.41) is 8.66. The molecule has 10 aliphatic rings. The van der Waals surface area contributed by atoms with E-state index in [4.69, 9.17) is 0 Å². The molecule has 50 heavy (non-hydrogen) atoms. The van der Waals surface area contributed by atoms with Gasteiger partial charge in [-0.3, -0.25) is 9.80 Å². The minimum Gasteiger partial charge on any atom is -0.301 e. The second-order valence-corrected chi connectivity index (χ2v) is 20.7. The van der Waals surface area contributed by atoms with Crippen molar-refractivity contribution in [3.63, 3.8) is 0 Å². The summed E-state index contributed by atoms with van der Waals surface area (Å²) in [6, 6.07) is 3.47. The third kappa shape index (κ3) is 6.23. The topological polar surface area (TPSA) is 30.5 Å². The fraction of sp³-hybridized carbons (Fsp3) is 1.00. The number of piperidine rings is 2. The predicted octanol–water partition coefficient (Wildman–Crippen LogP) is 10.1. The Kier molecular flexibility index (Phi) is 10.4. The summed E-state index contributed by atoms with van der Waals surface area (Å²) >= 11 is 0. The molecule has 8 saturated carbocycles. The Balaban J connectivity index is 0.964. The molecule has 8 aliphatic carbocycles. The number of rotatable bonds is 6. The molecule has 0 amide bonds. The first-order chi connectivity index (χ1) is 24.8. The minimum atomic E-state index is 0.692. The molecular formula is C46H78N4. The summed E-state index contributed by atoms with van der Waals surface area (Å²) in [5.41, 5.74) is 0. The lowest BCUT2D eigenvalue weighted by Crippen LogP contribution is -2.68. The van der Waals surface area contributed by atoms with E-state index >= 15 is 0 Å². The standard InChI is InChI=1S/C46H78N4/c1-3-13-35(14-4-1)49(45-37-17-9-7-11-31(37)27-29-47-45)41-25-21-33-20-24-40-42(26-22-34-19-23-39(41)43(33)44(34)40)50(36-15-5-2-6-16-36)46-38-18-10-8-12-32(38)28-30-48-46/h31-48H,1-30H2. The summed E-state index contributed by atoms with van der Waals surface area (Å²) in [4.78, 5) is 6.71. The molecule has 0 radical (unpaired) electrons. The van der Waals surface area contributed by atoms with E-state index in [1.54, 1.807) is 38.5 Å². The van der Waals surface area contributed by atoms with Crippen LogP contribution in [0, 0.1) is 59.2 Å². The van der Waals surface area contributed by atoms with Crippen molar-refractivity contribution in [1.29, 1.82) is 0 Å². The van der Waals surface area contributed by atoms with E-state index in [0.29, 0.717) is 12.3 Å². The Hall–Kier alpha value is -0.160. The molecule has 14 unspecified atom stereocenters. The highest BCUT2D eigenvalue weighted by Crippen LogP contribution is 2.62. The van der Waals surface area contributed by atoms with Gasteiger partial charge in [-0.25, -0.2) is 0 Å². The van der Waals surface area contributed by atoms with E-state index in [2.05, 4.69) is 20.4 Å². The monoisotopic (exact) mass is 687 g/mol. The van der Waals surface area contributed by atoms with Crippen LogP contribution >= 0.6 is 0 Å². The van der Waals surface area contributed by atoms with Crippen LogP contribution in [0.1, 0.15) is 180 Å². The molecule has 0 spiro atoms. The number of nitrogens with one attached hydrogen (secondary N) is 2. The molecule has 2 N–H and O–H groups in total. The van der Waals surface area contributed by atoms with Crippen molar-refractivity contribution in [2.75, 3.05) is 13.1 Å². The second-order valence-electron chi connectivity index (χ2n) is 20.7. The fourth-order valence-corrected chi connectivity index (χ4v) is 17.0. The van der Waals surface area contributed by atoms with Crippen LogP contribution in [-0.2, 0) is 0 Å². The number of nitrogens with zero attached hydrogens (tertiary/aromatic N) is 2. The SMILES string of the molecule is C1CCC(N(C2CCC3CCC4C5C(CCC2C35)CCC4N(C2CCCCC2)C2NCCC3CCCCC32)C2NCCC3CCCCC32)CC1. The van der Waals surface area contributed by atoms with Crippen molar-refractivity contribution < 1.29 is 0 Å². The first-order valence-electron chi connectivity index (χ1n) is 23.8. The molecule has 14 atom stereocenters. The molecule has 282 valence electrons. The summed E-state index contributed by atoms with van der Waals surface area (Å²) in [6.45, 7) is 2.59. The minimum absolute atomic E-state index is 0.692. The van der Waals surface area contributed by atoms with Gasteiger partial charge in [0.1, 0.15) is 0 Å². The Morgan fingerprint density at radius 2 is 0.700 bits per heavy atom. The smallest absolute Gasteiger partial charge is 0.0633 e. The van der Waals surface area contributed by atoms with Gasteiger partial charge >= 0.3 is 0 Å². The van der Waals surface area contributed by atoms with Crippen LogP contribution in [0.3, 0.4) is 0 Å². The van der Waals surface area contributed by atoms with Crippen molar-refractivity contribution in [2.45, 2.75) is 216 Å². The lowest BCUT2D eigenvalue weighted by atomic mass is 9.46. The van der Waals surface area contributed by atoms with Crippen LogP contribution in [0.5, 0.6) is 0 Å². The molecule has 0 aromatic rings. The zero-order valence-corrected chi connectivity index (χ0v) is 32.3. The molecule has 4 nitrogen and oxygen atoms in total. The molecule has 2 heterocycles. The third-order valence-corrected chi connectivity index (χ3v) is 18.8. The first kappa shape index (κ1) is 34.3.